The number of phenols is 1. The first-order chi connectivity index (χ1) is 12.6. The lowest BCUT2D eigenvalue weighted by atomic mass is 10.1. The van der Waals surface area contributed by atoms with Gasteiger partial charge in [-0.1, -0.05) is 12.1 Å². The first-order valence-corrected chi connectivity index (χ1v) is 8.18. The van der Waals surface area contributed by atoms with Crippen LogP contribution in [0.15, 0.2) is 41.4 Å². The topological polar surface area (TPSA) is 98.3 Å². The van der Waals surface area contributed by atoms with Gasteiger partial charge in [-0.15, -0.1) is 0 Å². The number of hydrogen-bond donors (Lipinski definition) is 3. The maximum atomic E-state index is 9.92. The third-order valence-electron chi connectivity index (χ3n) is 3.85. The molecule has 7 heteroatoms. The van der Waals surface area contributed by atoms with Gasteiger partial charge in [-0.05, 0) is 41.8 Å². The number of nitrogens with zero attached hydrogens (tertiary/aromatic N) is 1. The molecule has 0 unspecified atom stereocenters. The molecule has 0 amide bonds. The Labute approximate surface area is 153 Å². The summed E-state index contributed by atoms with van der Waals surface area (Å²) in [5.74, 6) is 1.82. The molecule has 0 aromatic heterocycles. The summed E-state index contributed by atoms with van der Waals surface area (Å²) in [5.41, 5.74) is 7.91. The Kier molecular flexibility index (Phi) is 6.96. The van der Waals surface area contributed by atoms with Crippen molar-refractivity contribution in [2.75, 3.05) is 27.9 Å². The molecule has 0 bridgehead atoms. The van der Waals surface area contributed by atoms with E-state index < -0.39 is 0 Å². The van der Waals surface area contributed by atoms with Crippen molar-refractivity contribution in [1.82, 2.24) is 5.32 Å². The number of aromatic hydroxyl groups is 1. The summed E-state index contributed by atoms with van der Waals surface area (Å²) in [5, 5.41) is 13.0. The number of nitrogens with two attached hydrogens (primary N) is 1. The van der Waals surface area contributed by atoms with E-state index in [1.807, 2.05) is 24.3 Å². The number of methoxy groups -OCH3 is 3. The van der Waals surface area contributed by atoms with E-state index in [0.29, 0.717) is 30.5 Å². The van der Waals surface area contributed by atoms with E-state index >= 15 is 0 Å². The van der Waals surface area contributed by atoms with Crippen molar-refractivity contribution in [1.29, 1.82) is 0 Å². The van der Waals surface area contributed by atoms with Gasteiger partial charge in [-0.3, -0.25) is 0 Å². The van der Waals surface area contributed by atoms with Crippen molar-refractivity contribution in [3.8, 4) is 23.0 Å². The van der Waals surface area contributed by atoms with Gasteiger partial charge in [0.05, 0.1) is 27.9 Å². The lowest BCUT2D eigenvalue weighted by Crippen LogP contribution is -2.33. The van der Waals surface area contributed by atoms with Crippen LogP contribution in [0.2, 0.25) is 0 Å². The van der Waals surface area contributed by atoms with E-state index in [2.05, 4.69) is 10.3 Å². The number of guanidine groups is 1. The Morgan fingerprint density at radius 3 is 2.15 bits per heavy atom. The molecule has 4 N–H and O–H groups in total. The lowest BCUT2D eigenvalue weighted by Gasteiger charge is -2.11. The Morgan fingerprint density at radius 2 is 1.62 bits per heavy atom. The Balaban J connectivity index is 1.89. The zero-order valence-electron chi connectivity index (χ0n) is 15.3. The number of benzene rings is 2. The van der Waals surface area contributed by atoms with Gasteiger partial charge in [0.1, 0.15) is 5.75 Å². The SMILES string of the molecule is COc1ccc(CCNC(N)=NCc2cc(OC)c(O)c(OC)c2)cc1. The zero-order valence-corrected chi connectivity index (χ0v) is 15.3. The third kappa shape index (κ3) is 5.20. The quantitative estimate of drug-likeness (QED) is 0.493. The highest BCUT2D eigenvalue weighted by Gasteiger charge is 2.10. The molecular weight excluding hydrogens is 334 g/mol. The van der Waals surface area contributed by atoms with Crippen LogP contribution in [0.5, 0.6) is 23.0 Å². The smallest absolute Gasteiger partial charge is 0.200 e. The largest absolute Gasteiger partial charge is 0.502 e. The van der Waals surface area contributed by atoms with E-state index in [1.54, 1.807) is 19.2 Å². The number of ether oxygens (including phenoxy) is 3. The summed E-state index contributed by atoms with van der Waals surface area (Å²) in [7, 11) is 4.61. The normalized spacial score (nSPS) is 11.1. The van der Waals surface area contributed by atoms with Crippen LogP contribution in [0.3, 0.4) is 0 Å². The fraction of sp³-hybridized carbons (Fsp3) is 0.316. The molecule has 2 rings (SSSR count). The van der Waals surface area contributed by atoms with Crippen LogP contribution in [0.25, 0.3) is 0 Å². The average molecular weight is 359 g/mol. The fourth-order valence-corrected chi connectivity index (χ4v) is 2.40. The van der Waals surface area contributed by atoms with Crippen LogP contribution in [0.1, 0.15) is 11.1 Å². The van der Waals surface area contributed by atoms with Crippen LogP contribution in [-0.2, 0) is 13.0 Å². The van der Waals surface area contributed by atoms with E-state index in [-0.39, 0.29) is 5.75 Å². The number of aliphatic imine (C=N–C) groups is 1. The molecule has 0 spiro atoms. The molecule has 0 atom stereocenters. The minimum Gasteiger partial charge on any atom is -0.502 e. The highest BCUT2D eigenvalue weighted by Crippen LogP contribution is 2.37. The second-order valence-electron chi connectivity index (χ2n) is 5.58. The number of hydrogen-bond acceptors (Lipinski definition) is 5. The van der Waals surface area contributed by atoms with Crippen LogP contribution < -0.4 is 25.3 Å². The summed E-state index contributed by atoms with van der Waals surface area (Å²) < 4.78 is 15.4. The highest BCUT2D eigenvalue weighted by molar-refractivity contribution is 5.77. The fourth-order valence-electron chi connectivity index (χ4n) is 2.40. The first-order valence-electron chi connectivity index (χ1n) is 8.18. The molecular formula is C19H25N3O4. The van der Waals surface area contributed by atoms with E-state index in [4.69, 9.17) is 19.9 Å². The Morgan fingerprint density at radius 1 is 1.00 bits per heavy atom. The van der Waals surface area contributed by atoms with Crippen molar-refractivity contribution in [2.45, 2.75) is 13.0 Å². The molecule has 0 saturated carbocycles. The third-order valence-corrected chi connectivity index (χ3v) is 3.85. The second-order valence-corrected chi connectivity index (χ2v) is 5.58. The number of rotatable bonds is 8. The minimum atomic E-state index is -0.0340. The van der Waals surface area contributed by atoms with Gasteiger partial charge in [0.2, 0.25) is 5.75 Å². The Bertz CT molecular complexity index is 720. The molecule has 0 heterocycles. The Hall–Kier alpha value is -3.09. The van der Waals surface area contributed by atoms with Gasteiger partial charge in [-0.2, -0.15) is 0 Å². The highest BCUT2D eigenvalue weighted by atomic mass is 16.5. The number of nitrogens with one attached hydrogen (secondary N) is 1. The monoisotopic (exact) mass is 359 g/mol. The first kappa shape index (κ1) is 19.2. The second kappa shape index (κ2) is 9.41. The van der Waals surface area contributed by atoms with Gasteiger partial charge in [0.25, 0.3) is 0 Å². The molecule has 0 aliphatic carbocycles. The van der Waals surface area contributed by atoms with Crippen molar-refractivity contribution >= 4 is 5.96 Å². The van der Waals surface area contributed by atoms with Crippen molar-refractivity contribution in [3.63, 3.8) is 0 Å². The maximum Gasteiger partial charge on any atom is 0.200 e. The van der Waals surface area contributed by atoms with Crippen molar-refractivity contribution in [3.05, 3.63) is 47.5 Å². The van der Waals surface area contributed by atoms with E-state index in [0.717, 1.165) is 17.7 Å². The van der Waals surface area contributed by atoms with Crippen LogP contribution in [0.4, 0.5) is 0 Å². The molecule has 0 aliphatic rings. The molecule has 0 saturated heterocycles. The lowest BCUT2D eigenvalue weighted by molar-refractivity contribution is 0.339. The summed E-state index contributed by atoms with van der Waals surface area (Å²) in [6.45, 7) is 1.01. The van der Waals surface area contributed by atoms with Crippen molar-refractivity contribution < 1.29 is 19.3 Å². The van der Waals surface area contributed by atoms with Gasteiger partial charge in [0, 0.05) is 6.54 Å². The molecule has 2 aromatic carbocycles. The minimum absolute atomic E-state index is 0.0340. The van der Waals surface area contributed by atoms with Crippen LogP contribution in [0, 0.1) is 0 Å². The summed E-state index contributed by atoms with van der Waals surface area (Å²) >= 11 is 0. The van der Waals surface area contributed by atoms with Gasteiger partial charge < -0.3 is 30.4 Å². The standard InChI is InChI=1S/C19H25N3O4/c1-24-15-6-4-13(5-7-15)8-9-21-19(20)22-12-14-10-16(25-2)18(23)17(11-14)26-3/h4-7,10-11,23H,8-9,12H2,1-3H3,(H3,20,21,22). The van der Waals surface area contributed by atoms with Crippen LogP contribution in [-0.4, -0.2) is 38.9 Å². The molecule has 0 aliphatic heterocycles. The molecule has 26 heavy (non-hydrogen) atoms. The predicted molar refractivity (Wildman–Crippen MR) is 101 cm³/mol. The van der Waals surface area contributed by atoms with E-state index in [9.17, 15) is 5.11 Å². The zero-order chi connectivity index (χ0) is 18.9. The molecule has 2 aromatic rings. The maximum absolute atomic E-state index is 9.92. The van der Waals surface area contributed by atoms with E-state index in [1.165, 1.54) is 19.8 Å². The van der Waals surface area contributed by atoms with Crippen LogP contribution >= 0.6 is 0 Å². The van der Waals surface area contributed by atoms with Gasteiger partial charge in [-0.25, -0.2) is 4.99 Å². The van der Waals surface area contributed by atoms with Gasteiger partial charge in [0.15, 0.2) is 17.5 Å². The summed E-state index contributed by atoms with van der Waals surface area (Å²) in [6, 6.07) is 11.3. The summed E-state index contributed by atoms with van der Waals surface area (Å²) in [6.07, 6.45) is 0.821. The molecule has 7 nitrogen and oxygen atoms in total. The van der Waals surface area contributed by atoms with Crippen molar-refractivity contribution in [2.24, 2.45) is 10.7 Å². The van der Waals surface area contributed by atoms with Gasteiger partial charge >= 0.3 is 0 Å². The summed E-state index contributed by atoms with van der Waals surface area (Å²) in [4.78, 5) is 4.30. The molecule has 0 radical (unpaired) electrons. The molecule has 0 fully saturated rings. The molecule has 140 valence electrons. The predicted octanol–water partition coefficient (Wildman–Crippen LogP) is 2.06. The average Bonchev–Trinajstić information content (AvgIpc) is 2.67. The number of phenolic OH excluding ortho intramolecular Hbond substituents is 1.